The summed E-state index contributed by atoms with van der Waals surface area (Å²) >= 11 is 0. The van der Waals surface area contributed by atoms with E-state index < -0.39 is 23.2 Å². The van der Waals surface area contributed by atoms with Gasteiger partial charge in [-0.3, -0.25) is 10.6 Å². The SMILES string of the molecule is CC(NC(=O)c1cc(F)c(NN)c(F)c1)C1CCOCC1. The largest absolute Gasteiger partial charge is 0.381 e. The fourth-order valence-electron chi connectivity index (χ4n) is 2.47. The van der Waals surface area contributed by atoms with Crippen LogP contribution in [0.3, 0.4) is 0 Å². The van der Waals surface area contributed by atoms with Gasteiger partial charge in [0.1, 0.15) is 5.69 Å². The van der Waals surface area contributed by atoms with Gasteiger partial charge in [0.15, 0.2) is 11.6 Å². The Labute approximate surface area is 121 Å². The molecule has 1 amide bonds. The Balaban J connectivity index is 2.06. The van der Waals surface area contributed by atoms with Gasteiger partial charge in [-0.15, -0.1) is 0 Å². The highest BCUT2D eigenvalue weighted by Gasteiger charge is 2.23. The van der Waals surface area contributed by atoms with Gasteiger partial charge >= 0.3 is 0 Å². The predicted molar refractivity (Wildman–Crippen MR) is 74.6 cm³/mol. The van der Waals surface area contributed by atoms with Crippen molar-refractivity contribution in [1.82, 2.24) is 5.32 Å². The summed E-state index contributed by atoms with van der Waals surface area (Å²) in [6.07, 6.45) is 1.72. The predicted octanol–water partition coefficient (Wildman–Crippen LogP) is 1.80. The summed E-state index contributed by atoms with van der Waals surface area (Å²) in [6.45, 7) is 3.23. The maximum absolute atomic E-state index is 13.6. The van der Waals surface area contributed by atoms with Crippen molar-refractivity contribution >= 4 is 11.6 Å². The average Bonchev–Trinajstić information content (AvgIpc) is 2.47. The summed E-state index contributed by atoms with van der Waals surface area (Å²) in [5.41, 5.74) is 1.41. The number of hydrazine groups is 1. The smallest absolute Gasteiger partial charge is 0.251 e. The van der Waals surface area contributed by atoms with E-state index in [9.17, 15) is 13.6 Å². The van der Waals surface area contributed by atoms with Crippen LogP contribution in [-0.2, 0) is 4.74 Å². The van der Waals surface area contributed by atoms with E-state index in [0.29, 0.717) is 19.1 Å². The zero-order chi connectivity index (χ0) is 15.4. The maximum atomic E-state index is 13.6. The number of halogens is 2. The second kappa shape index (κ2) is 6.82. The molecule has 1 saturated heterocycles. The van der Waals surface area contributed by atoms with E-state index in [2.05, 4.69) is 5.32 Å². The molecule has 1 aliphatic heterocycles. The van der Waals surface area contributed by atoms with Crippen molar-refractivity contribution in [3.8, 4) is 0 Å². The molecule has 1 atom stereocenters. The molecule has 0 spiro atoms. The number of carbonyl (C=O) groups excluding carboxylic acids is 1. The van der Waals surface area contributed by atoms with E-state index in [1.165, 1.54) is 0 Å². The van der Waals surface area contributed by atoms with Crippen LogP contribution in [0.5, 0.6) is 0 Å². The third-order valence-corrected chi connectivity index (χ3v) is 3.78. The molecular formula is C14H19F2N3O2. The molecule has 1 aromatic rings. The Morgan fingerprint density at radius 3 is 2.43 bits per heavy atom. The summed E-state index contributed by atoms with van der Waals surface area (Å²) in [6, 6.07) is 1.84. The maximum Gasteiger partial charge on any atom is 0.251 e. The van der Waals surface area contributed by atoms with Crippen molar-refractivity contribution in [3.63, 3.8) is 0 Å². The van der Waals surface area contributed by atoms with Crippen LogP contribution in [-0.4, -0.2) is 25.2 Å². The molecule has 21 heavy (non-hydrogen) atoms. The number of amides is 1. The van der Waals surface area contributed by atoms with E-state index in [0.717, 1.165) is 25.0 Å². The van der Waals surface area contributed by atoms with E-state index >= 15 is 0 Å². The number of carbonyl (C=O) groups is 1. The van der Waals surface area contributed by atoms with Crippen LogP contribution in [0.4, 0.5) is 14.5 Å². The van der Waals surface area contributed by atoms with Crippen molar-refractivity contribution in [2.24, 2.45) is 11.8 Å². The first-order valence-corrected chi connectivity index (χ1v) is 6.87. The zero-order valence-electron chi connectivity index (χ0n) is 11.8. The normalized spacial score (nSPS) is 17.3. The van der Waals surface area contributed by atoms with Crippen LogP contribution in [0.15, 0.2) is 12.1 Å². The summed E-state index contributed by atoms with van der Waals surface area (Å²) < 4.78 is 32.4. The minimum Gasteiger partial charge on any atom is -0.381 e. The molecule has 116 valence electrons. The first-order chi connectivity index (χ1) is 10.0. The standard InChI is InChI=1S/C14H19F2N3O2/c1-8(9-2-4-21-5-3-9)18-14(20)10-6-11(15)13(19-17)12(16)7-10/h6-9,19H,2-5,17H2,1H3,(H,18,20). The van der Waals surface area contributed by atoms with E-state index in [1.54, 1.807) is 0 Å². The quantitative estimate of drug-likeness (QED) is 0.585. The van der Waals surface area contributed by atoms with Crippen LogP contribution in [0.2, 0.25) is 0 Å². The Hall–Kier alpha value is -1.73. The third-order valence-electron chi connectivity index (χ3n) is 3.78. The highest BCUT2D eigenvalue weighted by atomic mass is 19.1. The van der Waals surface area contributed by atoms with Gasteiger partial charge in [-0.2, -0.15) is 0 Å². The van der Waals surface area contributed by atoms with E-state index in [-0.39, 0.29) is 11.6 Å². The number of anilines is 1. The van der Waals surface area contributed by atoms with Crippen LogP contribution < -0.4 is 16.6 Å². The first kappa shape index (κ1) is 15.7. The summed E-state index contributed by atoms with van der Waals surface area (Å²) in [5.74, 6) is 3.01. The molecule has 0 aliphatic carbocycles. The van der Waals surface area contributed by atoms with Gasteiger partial charge in [-0.25, -0.2) is 8.78 Å². The van der Waals surface area contributed by atoms with Crippen molar-refractivity contribution in [2.45, 2.75) is 25.8 Å². The number of nitrogens with one attached hydrogen (secondary N) is 2. The van der Waals surface area contributed by atoms with Gasteiger partial charge in [0.25, 0.3) is 5.91 Å². The summed E-state index contributed by atoms with van der Waals surface area (Å²) in [5, 5.41) is 2.78. The minimum absolute atomic E-state index is 0.0668. The first-order valence-electron chi connectivity index (χ1n) is 6.87. The van der Waals surface area contributed by atoms with Gasteiger partial charge in [0.05, 0.1) is 0 Å². The number of benzene rings is 1. The molecule has 1 aliphatic rings. The van der Waals surface area contributed by atoms with E-state index in [4.69, 9.17) is 10.6 Å². The van der Waals surface area contributed by atoms with Gasteiger partial charge in [0, 0.05) is 24.8 Å². The van der Waals surface area contributed by atoms with Crippen LogP contribution >= 0.6 is 0 Å². The highest BCUT2D eigenvalue weighted by molar-refractivity contribution is 5.94. The van der Waals surface area contributed by atoms with Crippen molar-refractivity contribution < 1.29 is 18.3 Å². The number of hydrogen-bond donors (Lipinski definition) is 3. The molecule has 1 fully saturated rings. The number of nitrogens with two attached hydrogens (primary N) is 1. The van der Waals surface area contributed by atoms with Crippen LogP contribution in [0, 0.1) is 17.6 Å². The van der Waals surface area contributed by atoms with Gasteiger partial charge < -0.3 is 15.5 Å². The highest BCUT2D eigenvalue weighted by Crippen LogP contribution is 2.21. The average molecular weight is 299 g/mol. The van der Waals surface area contributed by atoms with Gasteiger partial charge in [0.2, 0.25) is 0 Å². The molecular weight excluding hydrogens is 280 g/mol. The van der Waals surface area contributed by atoms with Gasteiger partial charge in [-0.1, -0.05) is 0 Å². The van der Waals surface area contributed by atoms with Crippen molar-refractivity contribution in [3.05, 3.63) is 29.3 Å². The number of ether oxygens (including phenoxy) is 1. The molecule has 0 aromatic heterocycles. The lowest BCUT2D eigenvalue weighted by Crippen LogP contribution is -2.40. The van der Waals surface area contributed by atoms with Crippen molar-refractivity contribution in [2.75, 3.05) is 18.6 Å². The minimum atomic E-state index is -0.902. The number of nitrogen functional groups attached to an aromatic ring is 1. The summed E-state index contributed by atoms with van der Waals surface area (Å²) in [4.78, 5) is 12.1. The number of rotatable bonds is 4. The lowest BCUT2D eigenvalue weighted by molar-refractivity contribution is 0.0538. The fraction of sp³-hybridized carbons (Fsp3) is 0.500. The zero-order valence-corrected chi connectivity index (χ0v) is 11.8. The Morgan fingerprint density at radius 1 is 1.33 bits per heavy atom. The molecule has 1 unspecified atom stereocenters. The van der Waals surface area contributed by atoms with Crippen LogP contribution in [0.1, 0.15) is 30.1 Å². The lowest BCUT2D eigenvalue weighted by atomic mass is 9.93. The molecule has 5 nitrogen and oxygen atoms in total. The Kier molecular flexibility index (Phi) is 5.08. The fourth-order valence-corrected chi connectivity index (χ4v) is 2.47. The molecule has 0 saturated carbocycles. The van der Waals surface area contributed by atoms with Crippen LogP contribution in [0.25, 0.3) is 0 Å². The molecule has 0 radical (unpaired) electrons. The molecule has 1 aromatic carbocycles. The van der Waals surface area contributed by atoms with Crippen molar-refractivity contribution in [1.29, 1.82) is 0 Å². The monoisotopic (exact) mass is 299 g/mol. The topological polar surface area (TPSA) is 76.4 Å². The summed E-state index contributed by atoms with van der Waals surface area (Å²) in [7, 11) is 0. The second-order valence-corrected chi connectivity index (χ2v) is 5.17. The van der Waals surface area contributed by atoms with Gasteiger partial charge in [-0.05, 0) is 37.8 Å². The number of hydrogen-bond acceptors (Lipinski definition) is 4. The Bertz CT molecular complexity index is 496. The molecule has 2 rings (SSSR count). The lowest BCUT2D eigenvalue weighted by Gasteiger charge is -2.28. The molecule has 1 heterocycles. The molecule has 7 heteroatoms. The molecule has 0 bridgehead atoms. The third kappa shape index (κ3) is 3.68. The Morgan fingerprint density at radius 2 is 1.90 bits per heavy atom. The van der Waals surface area contributed by atoms with E-state index in [1.807, 2.05) is 12.3 Å². The second-order valence-electron chi connectivity index (χ2n) is 5.17. The molecule has 4 N–H and O–H groups in total.